The molecule has 1 N–H and O–H groups in total. The number of rotatable bonds is 5. The number of benzene rings is 2. The van der Waals surface area contributed by atoms with Crippen molar-refractivity contribution in [3.63, 3.8) is 0 Å². The Morgan fingerprint density at radius 2 is 1.96 bits per heavy atom. The first kappa shape index (κ1) is 16.0. The zero-order chi connectivity index (χ0) is 16.9. The topological polar surface area (TPSA) is 77.2 Å². The van der Waals surface area contributed by atoms with E-state index in [1.807, 2.05) is 6.07 Å². The summed E-state index contributed by atoms with van der Waals surface area (Å²) in [6.07, 6.45) is 0. The molecule has 1 amide bonds. The Bertz CT molecular complexity index is 864. The number of amides is 1. The second kappa shape index (κ2) is 7.14. The van der Waals surface area contributed by atoms with E-state index in [4.69, 9.17) is 20.9 Å². The van der Waals surface area contributed by atoms with E-state index in [1.54, 1.807) is 49.4 Å². The first-order valence-corrected chi connectivity index (χ1v) is 7.58. The molecule has 24 heavy (non-hydrogen) atoms. The molecule has 0 aliphatic carbocycles. The maximum atomic E-state index is 12.1. The molecule has 1 heterocycles. The van der Waals surface area contributed by atoms with Crippen LogP contribution in [0.5, 0.6) is 5.75 Å². The smallest absolute Gasteiger partial charge is 0.262 e. The van der Waals surface area contributed by atoms with Crippen molar-refractivity contribution in [2.75, 3.05) is 11.9 Å². The maximum absolute atomic E-state index is 12.1. The monoisotopic (exact) mass is 343 g/mol. The molecule has 0 fully saturated rings. The van der Waals surface area contributed by atoms with Gasteiger partial charge in [0, 0.05) is 0 Å². The Labute approximate surface area is 143 Å². The molecule has 0 bridgehead atoms. The minimum atomic E-state index is -0.321. The Balaban J connectivity index is 1.70. The van der Waals surface area contributed by atoms with Gasteiger partial charge < -0.3 is 14.6 Å². The van der Waals surface area contributed by atoms with Gasteiger partial charge in [-0.3, -0.25) is 4.79 Å². The molecule has 0 aliphatic heterocycles. The van der Waals surface area contributed by atoms with E-state index in [1.165, 1.54) is 0 Å². The highest BCUT2D eigenvalue weighted by atomic mass is 35.5. The Kier molecular flexibility index (Phi) is 4.77. The Hall–Kier alpha value is -2.86. The molecule has 3 aromatic rings. The second-order valence-electron chi connectivity index (χ2n) is 4.96. The number of aryl methyl sites for hydroxylation is 1. The summed E-state index contributed by atoms with van der Waals surface area (Å²) in [6, 6.07) is 14.1. The maximum Gasteiger partial charge on any atom is 0.262 e. The van der Waals surface area contributed by atoms with E-state index < -0.39 is 0 Å². The van der Waals surface area contributed by atoms with Crippen molar-refractivity contribution in [2.24, 2.45) is 0 Å². The van der Waals surface area contributed by atoms with Gasteiger partial charge >= 0.3 is 0 Å². The van der Waals surface area contributed by atoms with E-state index in [0.29, 0.717) is 33.7 Å². The summed E-state index contributed by atoms with van der Waals surface area (Å²) in [5, 5.41) is 6.98. The molecular formula is C17H14ClN3O3. The van der Waals surface area contributed by atoms with Crippen LogP contribution in [-0.2, 0) is 4.79 Å². The van der Waals surface area contributed by atoms with Crippen molar-refractivity contribution in [2.45, 2.75) is 6.92 Å². The Morgan fingerprint density at radius 3 is 2.71 bits per heavy atom. The van der Waals surface area contributed by atoms with Gasteiger partial charge in [-0.15, -0.1) is 0 Å². The van der Waals surface area contributed by atoms with Crippen LogP contribution >= 0.6 is 11.6 Å². The number of hydrogen-bond acceptors (Lipinski definition) is 5. The SMILES string of the molecule is Cc1noc(-c2ccccc2NC(=O)COc2ccccc2Cl)n1. The highest BCUT2D eigenvalue weighted by molar-refractivity contribution is 6.32. The van der Waals surface area contributed by atoms with Crippen LogP contribution in [0.4, 0.5) is 5.69 Å². The molecular weight excluding hydrogens is 330 g/mol. The predicted molar refractivity (Wildman–Crippen MR) is 90.0 cm³/mol. The van der Waals surface area contributed by atoms with Crippen LogP contribution in [0.2, 0.25) is 5.02 Å². The van der Waals surface area contributed by atoms with Gasteiger partial charge in [0.1, 0.15) is 5.75 Å². The number of nitrogens with one attached hydrogen (secondary N) is 1. The third kappa shape index (κ3) is 3.72. The molecule has 122 valence electrons. The van der Waals surface area contributed by atoms with Crippen molar-refractivity contribution in [3.05, 3.63) is 59.4 Å². The normalized spacial score (nSPS) is 10.4. The number of carbonyl (C=O) groups excluding carboxylic acids is 1. The van der Waals surface area contributed by atoms with Gasteiger partial charge in [-0.1, -0.05) is 41.0 Å². The number of anilines is 1. The van der Waals surface area contributed by atoms with Crippen LogP contribution in [0.3, 0.4) is 0 Å². The lowest BCUT2D eigenvalue weighted by Gasteiger charge is -2.10. The predicted octanol–water partition coefficient (Wildman–Crippen LogP) is 3.72. The van der Waals surface area contributed by atoms with Gasteiger partial charge in [0.05, 0.1) is 16.3 Å². The fraction of sp³-hybridized carbons (Fsp3) is 0.118. The van der Waals surface area contributed by atoms with Crippen molar-refractivity contribution >= 4 is 23.2 Å². The number of nitrogens with zero attached hydrogens (tertiary/aromatic N) is 2. The van der Waals surface area contributed by atoms with E-state index in [9.17, 15) is 4.79 Å². The standard InChI is InChI=1S/C17H14ClN3O3/c1-11-19-17(24-21-11)12-6-2-4-8-14(12)20-16(22)10-23-15-9-5-3-7-13(15)18/h2-9H,10H2,1H3,(H,20,22). The zero-order valence-corrected chi connectivity index (χ0v) is 13.6. The largest absolute Gasteiger partial charge is 0.482 e. The number of aromatic nitrogens is 2. The molecule has 0 radical (unpaired) electrons. The molecule has 0 saturated carbocycles. The van der Waals surface area contributed by atoms with E-state index in [0.717, 1.165) is 0 Å². The second-order valence-corrected chi connectivity index (χ2v) is 5.37. The van der Waals surface area contributed by atoms with Crippen LogP contribution < -0.4 is 10.1 Å². The van der Waals surface area contributed by atoms with Crippen LogP contribution in [-0.4, -0.2) is 22.7 Å². The van der Waals surface area contributed by atoms with Gasteiger partial charge in [0.15, 0.2) is 12.4 Å². The summed E-state index contributed by atoms with van der Waals surface area (Å²) < 4.78 is 10.6. The quantitative estimate of drug-likeness (QED) is 0.764. The van der Waals surface area contributed by atoms with Crippen LogP contribution in [0, 0.1) is 6.92 Å². The van der Waals surface area contributed by atoms with Crippen molar-refractivity contribution in [1.29, 1.82) is 0 Å². The molecule has 0 aliphatic rings. The number of carbonyl (C=O) groups is 1. The van der Waals surface area contributed by atoms with Crippen molar-refractivity contribution in [1.82, 2.24) is 10.1 Å². The first-order chi connectivity index (χ1) is 11.6. The molecule has 2 aromatic carbocycles. The van der Waals surface area contributed by atoms with E-state index >= 15 is 0 Å². The van der Waals surface area contributed by atoms with Gasteiger partial charge in [0.25, 0.3) is 11.8 Å². The van der Waals surface area contributed by atoms with Gasteiger partial charge in [0.2, 0.25) is 0 Å². The summed E-state index contributed by atoms with van der Waals surface area (Å²) in [7, 11) is 0. The van der Waals surface area contributed by atoms with Crippen LogP contribution in [0.25, 0.3) is 11.5 Å². The van der Waals surface area contributed by atoms with E-state index in [-0.39, 0.29) is 12.5 Å². The number of halogens is 1. The van der Waals surface area contributed by atoms with Crippen LogP contribution in [0.1, 0.15) is 5.82 Å². The number of para-hydroxylation sites is 2. The number of ether oxygens (including phenoxy) is 1. The third-order valence-corrected chi connectivity index (χ3v) is 3.47. The highest BCUT2D eigenvalue weighted by Gasteiger charge is 2.13. The lowest BCUT2D eigenvalue weighted by molar-refractivity contribution is -0.118. The molecule has 1 aromatic heterocycles. The zero-order valence-electron chi connectivity index (χ0n) is 12.8. The Morgan fingerprint density at radius 1 is 1.21 bits per heavy atom. The van der Waals surface area contributed by atoms with Gasteiger partial charge in [-0.2, -0.15) is 4.98 Å². The summed E-state index contributed by atoms with van der Waals surface area (Å²) >= 11 is 5.99. The van der Waals surface area contributed by atoms with Crippen molar-refractivity contribution in [3.8, 4) is 17.2 Å². The summed E-state index contributed by atoms with van der Waals surface area (Å²) in [5.74, 6) is 0.998. The lowest BCUT2D eigenvalue weighted by atomic mass is 10.1. The average Bonchev–Trinajstić information content (AvgIpc) is 3.01. The lowest BCUT2D eigenvalue weighted by Crippen LogP contribution is -2.20. The highest BCUT2D eigenvalue weighted by Crippen LogP contribution is 2.26. The minimum absolute atomic E-state index is 0.166. The van der Waals surface area contributed by atoms with Crippen molar-refractivity contribution < 1.29 is 14.1 Å². The van der Waals surface area contributed by atoms with E-state index in [2.05, 4.69) is 15.5 Å². The first-order valence-electron chi connectivity index (χ1n) is 7.20. The molecule has 0 spiro atoms. The van der Waals surface area contributed by atoms with Crippen LogP contribution in [0.15, 0.2) is 53.1 Å². The molecule has 0 saturated heterocycles. The average molecular weight is 344 g/mol. The molecule has 7 heteroatoms. The third-order valence-electron chi connectivity index (χ3n) is 3.15. The van der Waals surface area contributed by atoms with Gasteiger partial charge in [-0.05, 0) is 31.2 Å². The summed E-state index contributed by atoms with van der Waals surface area (Å²) in [4.78, 5) is 16.3. The summed E-state index contributed by atoms with van der Waals surface area (Å²) in [6.45, 7) is 1.56. The summed E-state index contributed by atoms with van der Waals surface area (Å²) in [5.41, 5.74) is 1.21. The fourth-order valence-corrected chi connectivity index (χ4v) is 2.27. The minimum Gasteiger partial charge on any atom is -0.482 e. The molecule has 0 unspecified atom stereocenters. The molecule has 0 atom stereocenters. The molecule has 6 nitrogen and oxygen atoms in total. The fourth-order valence-electron chi connectivity index (χ4n) is 2.08. The number of hydrogen-bond donors (Lipinski definition) is 1. The van der Waals surface area contributed by atoms with Gasteiger partial charge in [-0.25, -0.2) is 0 Å². The molecule has 3 rings (SSSR count).